The van der Waals surface area contributed by atoms with E-state index in [0.29, 0.717) is 0 Å². The molecule has 2 saturated carbocycles. The fourth-order valence-electron chi connectivity index (χ4n) is 2.43. The predicted molar refractivity (Wildman–Crippen MR) is 42.6 cm³/mol. The van der Waals surface area contributed by atoms with Crippen LogP contribution in [-0.4, -0.2) is 39.1 Å². The number of hydrogen-bond donors (Lipinski definition) is 3. The zero-order valence-electron chi connectivity index (χ0n) is 7.44. The van der Waals surface area contributed by atoms with Gasteiger partial charge in [0.25, 0.3) is 0 Å². The molecule has 2 rings (SSSR count). The lowest BCUT2D eigenvalue weighted by atomic mass is 9.90. The lowest BCUT2D eigenvalue weighted by Crippen LogP contribution is -2.52. The predicted octanol–water partition coefficient (Wildman–Crippen LogP) is -1.22. The summed E-state index contributed by atoms with van der Waals surface area (Å²) in [4.78, 5) is 32.6. The molecule has 0 amide bonds. The first-order valence-corrected chi connectivity index (χ1v) is 4.23. The molecule has 0 bridgehead atoms. The normalized spacial score (nSPS) is 47.5. The number of carboxylic acid groups (broad SMARTS) is 2. The number of hydrogen-bond acceptors (Lipinski definition) is 4. The number of ketones is 1. The maximum Gasteiger partial charge on any atom is 0.342 e. The molecule has 2 fully saturated rings. The van der Waals surface area contributed by atoms with Gasteiger partial charge in [0.15, 0.2) is 0 Å². The van der Waals surface area contributed by atoms with Crippen molar-refractivity contribution in [3.05, 3.63) is 0 Å². The van der Waals surface area contributed by atoms with Gasteiger partial charge in [0.2, 0.25) is 5.67 Å². The largest absolute Gasteiger partial charge is 0.480 e. The van der Waals surface area contributed by atoms with Gasteiger partial charge in [-0.25, -0.2) is 9.18 Å². The highest BCUT2D eigenvalue weighted by molar-refractivity contribution is 6.06. The Kier molecular flexibility index (Phi) is 1.57. The number of rotatable bonds is 2. The second-order valence-corrected chi connectivity index (χ2v) is 4.02. The van der Waals surface area contributed by atoms with Crippen LogP contribution in [0.4, 0.5) is 4.39 Å². The van der Waals surface area contributed by atoms with Crippen LogP contribution in [0.15, 0.2) is 0 Å². The number of halogens is 1. The van der Waals surface area contributed by atoms with E-state index in [1.54, 1.807) is 0 Å². The van der Waals surface area contributed by atoms with Gasteiger partial charge in [-0.3, -0.25) is 9.59 Å². The molecule has 2 aliphatic rings. The van der Waals surface area contributed by atoms with Crippen LogP contribution in [0.2, 0.25) is 0 Å². The van der Waals surface area contributed by atoms with E-state index in [-0.39, 0.29) is 0 Å². The average Bonchev–Trinajstić information content (AvgIpc) is 2.63. The Hall–Kier alpha value is -1.50. The molecule has 0 heterocycles. The Labute approximate surface area is 82.9 Å². The van der Waals surface area contributed by atoms with Gasteiger partial charge in [0.1, 0.15) is 11.3 Å². The number of carbonyl (C=O) groups is 3. The molecule has 0 radical (unpaired) electrons. The first-order valence-electron chi connectivity index (χ1n) is 4.23. The van der Waals surface area contributed by atoms with Crippen molar-refractivity contribution in [1.29, 1.82) is 0 Å². The van der Waals surface area contributed by atoms with Gasteiger partial charge < -0.3 is 15.9 Å². The van der Waals surface area contributed by atoms with E-state index in [1.807, 2.05) is 0 Å². The van der Waals surface area contributed by atoms with Crippen LogP contribution in [0.25, 0.3) is 0 Å². The first kappa shape index (κ1) is 10.0. The SMILES string of the molecule is NC1(C(=O)O)CC(=O)C2[C@H]1[C@@]2(F)C(=O)O. The minimum Gasteiger partial charge on any atom is -0.480 e. The molecular weight excluding hydrogens is 209 g/mol. The molecule has 2 aliphatic carbocycles. The second-order valence-electron chi connectivity index (χ2n) is 4.02. The fourth-order valence-corrected chi connectivity index (χ4v) is 2.43. The first-order chi connectivity index (χ1) is 6.76. The Morgan fingerprint density at radius 3 is 2.27 bits per heavy atom. The van der Waals surface area contributed by atoms with E-state index >= 15 is 0 Å². The van der Waals surface area contributed by atoms with Crippen molar-refractivity contribution in [2.45, 2.75) is 17.6 Å². The Morgan fingerprint density at radius 2 is 1.93 bits per heavy atom. The van der Waals surface area contributed by atoms with Crippen molar-refractivity contribution in [3.63, 3.8) is 0 Å². The molecule has 0 saturated heterocycles. The average molecular weight is 217 g/mol. The quantitative estimate of drug-likeness (QED) is 0.533. The molecule has 7 heteroatoms. The highest BCUT2D eigenvalue weighted by Crippen LogP contribution is 2.64. The topological polar surface area (TPSA) is 118 Å². The van der Waals surface area contributed by atoms with Gasteiger partial charge in [-0.05, 0) is 0 Å². The van der Waals surface area contributed by atoms with Crippen molar-refractivity contribution < 1.29 is 29.0 Å². The molecule has 0 aromatic heterocycles. The monoisotopic (exact) mass is 217 g/mol. The fraction of sp³-hybridized carbons (Fsp3) is 0.625. The summed E-state index contributed by atoms with van der Waals surface area (Å²) in [7, 11) is 0. The molecule has 2 unspecified atom stereocenters. The van der Waals surface area contributed by atoms with E-state index < -0.39 is 47.2 Å². The highest BCUT2D eigenvalue weighted by Gasteiger charge is 2.85. The van der Waals surface area contributed by atoms with Crippen LogP contribution in [0.3, 0.4) is 0 Å². The number of alkyl halides is 1. The van der Waals surface area contributed by atoms with Crippen LogP contribution in [0.5, 0.6) is 0 Å². The van der Waals surface area contributed by atoms with Crippen LogP contribution in [0.1, 0.15) is 6.42 Å². The highest BCUT2D eigenvalue weighted by atomic mass is 19.1. The Morgan fingerprint density at radius 1 is 1.40 bits per heavy atom. The summed E-state index contributed by atoms with van der Waals surface area (Å²) >= 11 is 0. The number of fused-ring (bicyclic) bond motifs is 1. The summed E-state index contributed by atoms with van der Waals surface area (Å²) in [5.41, 5.74) is 0.503. The lowest BCUT2D eigenvalue weighted by molar-refractivity contribution is -0.151. The summed E-state index contributed by atoms with van der Waals surface area (Å²) in [5, 5.41) is 17.3. The van der Waals surface area contributed by atoms with Gasteiger partial charge >= 0.3 is 11.9 Å². The van der Waals surface area contributed by atoms with Gasteiger partial charge in [0, 0.05) is 12.3 Å². The van der Waals surface area contributed by atoms with Gasteiger partial charge in [-0.2, -0.15) is 0 Å². The zero-order chi connectivity index (χ0) is 11.6. The molecule has 4 N–H and O–H groups in total. The van der Waals surface area contributed by atoms with Crippen molar-refractivity contribution >= 4 is 17.7 Å². The van der Waals surface area contributed by atoms with Crippen molar-refractivity contribution in [3.8, 4) is 0 Å². The van der Waals surface area contributed by atoms with Crippen molar-refractivity contribution in [2.75, 3.05) is 0 Å². The van der Waals surface area contributed by atoms with Gasteiger partial charge in [-0.1, -0.05) is 0 Å². The molecule has 15 heavy (non-hydrogen) atoms. The summed E-state index contributed by atoms with van der Waals surface area (Å²) in [5.74, 6) is -6.91. The Balaban J connectivity index is 2.42. The van der Waals surface area contributed by atoms with Crippen LogP contribution in [0, 0.1) is 11.8 Å². The minimum absolute atomic E-state index is 0.503. The summed E-state index contributed by atoms with van der Waals surface area (Å²) in [6, 6.07) is 0. The number of carboxylic acids is 2. The minimum atomic E-state index is -2.79. The summed E-state index contributed by atoms with van der Waals surface area (Å²) < 4.78 is 13.7. The molecular formula is C8H8FNO5. The third kappa shape index (κ3) is 0.883. The second kappa shape index (κ2) is 2.35. The standard InChI is InChI=1S/C8H8FNO5/c9-8(6(14)15)3-2(11)1-7(10,4(3)8)5(12)13/h3-4H,1,10H2,(H,12,13)(H,14,15)/t3?,4-,7?,8-/m1/s1. The zero-order valence-corrected chi connectivity index (χ0v) is 7.44. The van der Waals surface area contributed by atoms with Crippen molar-refractivity contribution in [2.24, 2.45) is 17.6 Å². The molecule has 82 valence electrons. The molecule has 0 aliphatic heterocycles. The van der Waals surface area contributed by atoms with Crippen molar-refractivity contribution in [1.82, 2.24) is 0 Å². The van der Waals surface area contributed by atoms with Gasteiger partial charge in [-0.15, -0.1) is 0 Å². The summed E-state index contributed by atoms with van der Waals surface area (Å²) in [6.07, 6.45) is -0.503. The number of aliphatic carboxylic acids is 2. The lowest BCUT2D eigenvalue weighted by Gasteiger charge is -2.21. The van der Waals surface area contributed by atoms with E-state index in [9.17, 15) is 18.8 Å². The number of Topliss-reactive ketones (excluding diaryl/α,β-unsaturated/α-hetero) is 1. The van der Waals surface area contributed by atoms with Crippen LogP contribution >= 0.6 is 0 Å². The van der Waals surface area contributed by atoms with E-state index in [2.05, 4.69) is 0 Å². The van der Waals surface area contributed by atoms with Gasteiger partial charge in [0.05, 0.1) is 5.92 Å². The molecule has 0 aromatic rings. The third-order valence-corrected chi connectivity index (χ3v) is 3.22. The van der Waals surface area contributed by atoms with E-state index in [4.69, 9.17) is 15.9 Å². The van der Waals surface area contributed by atoms with Crippen LogP contribution in [-0.2, 0) is 14.4 Å². The number of carbonyl (C=O) groups excluding carboxylic acids is 1. The third-order valence-electron chi connectivity index (χ3n) is 3.22. The molecule has 0 spiro atoms. The molecule has 4 atom stereocenters. The smallest absolute Gasteiger partial charge is 0.342 e. The molecule has 0 aromatic carbocycles. The van der Waals surface area contributed by atoms with Crippen LogP contribution < -0.4 is 5.73 Å². The Bertz CT molecular complexity index is 396. The van der Waals surface area contributed by atoms with E-state index in [0.717, 1.165) is 0 Å². The summed E-state index contributed by atoms with van der Waals surface area (Å²) in [6.45, 7) is 0. The maximum atomic E-state index is 13.7. The van der Waals surface area contributed by atoms with E-state index in [1.165, 1.54) is 0 Å². The maximum absolute atomic E-state index is 13.7. The number of nitrogens with two attached hydrogens (primary N) is 1. The molecule has 6 nitrogen and oxygen atoms in total.